The summed E-state index contributed by atoms with van der Waals surface area (Å²) in [7, 11) is 0. The Balaban J connectivity index is 1.82. The molecule has 110 valence electrons. The molecular formula is C16H12N2O4. The highest BCUT2D eigenvalue weighted by Gasteiger charge is 2.36. The molecule has 0 N–H and O–H groups in total. The number of carbonyl (C=O) groups is 2. The molecule has 2 amide bonds. The van der Waals surface area contributed by atoms with Gasteiger partial charge >= 0.3 is 0 Å². The molecule has 0 fully saturated rings. The van der Waals surface area contributed by atoms with Gasteiger partial charge in [0.2, 0.25) is 0 Å². The first-order valence-corrected chi connectivity index (χ1v) is 6.76. The largest absolute Gasteiger partial charge is 0.274 e. The van der Waals surface area contributed by atoms with Crippen LogP contribution in [-0.2, 0) is 6.42 Å². The van der Waals surface area contributed by atoms with Gasteiger partial charge in [-0.1, -0.05) is 30.3 Å². The van der Waals surface area contributed by atoms with Gasteiger partial charge in [-0.25, -0.2) is 0 Å². The van der Waals surface area contributed by atoms with Gasteiger partial charge in [0.15, 0.2) is 0 Å². The second kappa shape index (κ2) is 5.40. The monoisotopic (exact) mass is 296 g/mol. The second-order valence-electron chi connectivity index (χ2n) is 4.98. The van der Waals surface area contributed by atoms with Gasteiger partial charge in [0.05, 0.1) is 16.1 Å². The molecule has 0 atom stereocenters. The lowest BCUT2D eigenvalue weighted by atomic mass is 10.1. The summed E-state index contributed by atoms with van der Waals surface area (Å²) in [5, 5.41) is 10.8. The Morgan fingerprint density at radius 1 is 0.955 bits per heavy atom. The third-order valence-corrected chi connectivity index (χ3v) is 3.63. The van der Waals surface area contributed by atoms with Crippen LogP contribution in [0.2, 0.25) is 0 Å². The molecule has 1 heterocycles. The summed E-state index contributed by atoms with van der Waals surface area (Å²) in [4.78, 5) is 35.9. The number of benzene rings is 2. The SMILES string of the molecule is O=C1c2ccc([N+](=O)[O-])cc2C(=O)N1CCc1ccccc1. The first kappa shape index (κ1) is 13.9. The molecular weight excluding hydrogens is 284 g/mol. The van der Waals surface area contributed by atoms with Gasteiger partial charge in [-0.2, -0.15) is 0 Å². The van der Waals surface area contributed by atoms with E-state index in [-0.39, 0.29) is 23.4 Å². The number of hydrogen-bond donors (Lipinski definition) is 0. The topological polar surface area (TPSA) is 80.5 Å². The Morgan fingerprint density at radius 2 is 1.64 bits per heavy atom. The fourth-order valence-electron chi connectivity index (χ4n) is 2.48. The Kier molecular flexibility index (Phi) is 3.42. The van der Waals surface area contributed by atoms with Crippen LogP contribution in [0.3, 0.4) is 0 Å². The zero-order valence-electron chi connectivity index (χ0n) is 11.6. The molecule has 0 spiro atoms. The number of imide groups is 1. The van der Waals surface area contributed by atoms with Gasteiger partial charge in [-0.05, 0) is 18.1 Å². The van der Waals surface area contributed by atoms with E-state index in [1.807, 2.05) is 30.3 Å². The molecule has 0 aromatic heterocycles. The summed E-state index contributed by atoms with van der Waals surface area (Å²) in [6, 6.07) is 13.3. The number of rotatable bonds is 4. The standard InChI is InChI=1S/C16H12N2O4/c19-15-13-7-6-12(18(21)22)10-14(13)16(20)17(15)9-8-11-4-2-1-3-5-11/h1-7,10H,8-9H2. The summed E-state index contributed by atoms with van der Waals surface area (Å²) in [5.74, 6) is -0.870. The lowest BCUT2D eigenvalue weighted by Gasteiger charge is -2.13. The van der Waals surface area contributed by atoms with Gasteiger partial charge in [-0.3, -0.25) is 24.6 Å². The summed E-state index contributed by atoms with van der Waals surface area (Å²) in [6.07, 6.45) is 0.550. The molecule has 0 bridgehead atoms. The summed E-state index contributed by atoms with van der Waals surface area (Å²) < 4.78 is 0. The molecule has 2 aromatic carbocycles. The minimum absolute atomic E-state index is 0.104. The van der Waals surface area contributed by atoms with E-state index in [0.29, 0.717) is 6.42 Å². The van der Waals surface area contributed by atoms with Crippen molar-refractivity contribution in [2.75, 3.05) is 6.54 Å². The summed E-state index contributed by atoms with van der Waals surface area (Å²) in [5.41, 5.74) is 1.16. The van der Waals surface area contributed by atoms with Crippen molar-refractivity contribution in [1.29, 1.82) is 0 Å². The highest BCUT2D eigenvalue weighted by Crippen LogP contribution is 2.26. The summed E-state index contributed by atoms with van der Waals surface area (Å²) in [6.45, 7) is 0.254. The van der Waals surface area contributed by atoms with Crippen LogP contribution in [0, 0.1) is 10.1 Å². The van der Waals surface area contributed by atoms with Gasteiger partial charge in [0.1, 0.15) is 0 Å². The Bertz CT molecular complexity index is 771. The first-order valence-electron chi connectivity index (χ1n) is 6.76. The first-order chi connectivity index (χ1) is 10.6. The number of nitrogens with zero attached hydrogens (tertiary/aromatic N) is 2. The molecule has 22 heavy (non-hydrogen) atoms. The number of amides is 2. The van der Waals surface area contributed by atoms with Crippen molar-refractivity contribution in [3.63, 3.8) is 0 Å². The second-order valence-corrected chi connectivity index (χ2v) is 4.98. The zero-order valence-corrected chi connectivity index (χ0v) is 11.6. The van der Waals surface area contributed by atoms with Crippen LogP contribution in [0.1, 0.15) is 26.3 Å². The maximum absolute atomic E-state index is 12.3. The summed E-state index contributed by atoms with van der Waals surface area (Å²) >= 11 is 0. The van der Waals surface area contributed by atoms with Crippen LogP contribution in [-0.4, -0.2) is 28.2 Å². The van der Waals surface area contributed by atoms with Crippen LogP contribution >= 0.6 is 0 Å². The molecule has 3 rings (SSSR count). The predicted molar refractivity (Wildman–Crippen MR) is 78.6 cm³/mol. The lowest BCUT2D eigenvalue weighted by molar-refractivity contribution is -0.384. The molecule has 0 aliphatic carbocycles. The molecule has 0 radical (unpaired) electrons. The van der Waals surface area contributed by atoms with Crippen molar-refractivity contribution in [1.82, 2.24) is 4.90 Å². The fourth-order valence-corrected chi connectivity index (χ4v) is 2.48. The van der Waals surface area contributed by atoms with Crippen LogP contribution in [0.5, 0.6) is 0 Å². The minimum Gasteiger partial charge on any atom is -0.274 e. The van der Waals surface area contributed by atoms with Crippen LogP contribution < -0.4 is 0 Å². The maximum atomic E-state index is 12.3. The van der Waals surface area contributed by atoms with E-state index < -0.39 is 16.7 Å². The molecule has 0 unspecified atom stereocenters. The Hall–Kier alpha value is -3.02. The lowest BCUT2D eigenvalue weighted by Crippen LogP contribution is -2.31. The van der Waals surface area contributed by atoms with Crippen molar-refractivity contribution >= 4 is 17.5 Å². The van der Waals surface area contributed by atoms with Crippen molar-refractivity contribution in [3.8, 4) is 0 Å². The van der Waals surface area contributed by atoms with E-state index in [1.54, 1.807) is 0 Å². The van der Waals surface area contributed by atoms with E-state index in [0.717, 1.165) is 16.5 Å². The van der Waals surface area contributed by atoms with Gasteiger partial charge in [0.25, 0.3) is 17.5 Å². The number of carbonyl (C=O) groups excluding carboxylic acids is 2. The normalized spacial score (nSPS) is 13.4. The average molecular weight is 296 g/mol. The van der Waals surface area contributed by atoms with E-state index in [1.165, 1.54) is 12.1 Å². The minimum atomic E-state index is -0.579. The third kappa shape index (κ3) is 2.35. The third-order valence-electron chi connectivity index (χ3n) is 3.63. The number of fused-ring (bicyclic) bond motifs is 1. The van der Waals surface area contributed by atoms with Crippen LogP contribution in [0.25, 0.3) is 0 Å². The molecule has 0 saturated carbocycles. The number of hydrogen-bond acceptors (Lipinski definition) is 4. The average Bonchev–Trinajstić information content (AvgIpc) is 2.77. The Morgan fingerprint density at radius 3 is 2.32 bits per heavy atom. The molecule has 2 aromatic rings. The van der Waals surface area contributed by atoms with E-state index in [2.05, 4.69) is 0 Å². The quantitative estimate of drug-likeness (QED) is 0.493. The van der Waals surface area contributed by atoms with Gasteiger partial charge in [0, 0.05) is 18.7 Å². The van der Waals surface area contributed by atoms with Gasteiger partial charge in [-0.15, -0.1) is 0 Å². The molecule has 1 aliphatic rings. The van der Waals surface area contributed by atoms with E-state index in [9.17, 15) is 19.7 Å². The highest BCUT2D eigenvalue weighted by atomic mass is 16.6. The van der Waals surface area contributed by atoms with E-state index >= 15 is 0 Å². The molecule has 1 aliphatic heterocycles. The van der Waals surface area contributed by atoms with Crippen molar-refractivity contribution in [2.45, 2.75) is 6.42 Å². The van der Waals surface area contributed by atoms with Crippen molar-refractivity contribution in [3.05, 3.63) is 75.3 Å². The molecule has 6 nitrogen and oxygen atoms in total. The number of non-ortho nitro benzene ring substituents is 1. The Labute approximate surface area is 126 Å². The highest BCUT2D eigenvalue weighted by molar-refractivity contribution is 6.21. The number of nitro benzene ring substituents is 1. The molecule has 6 heteroatoms. The van der Waals surface area contributed by atoms with Gasteiger partial charge < -0.3 is 0 Å². The van der Waals surface area contributed by atoms with E-state index in [4.69, 9.17) is 0 Å². The maximum Gasteiger partial charge on any atom is 0.270 e. The molecule has 0 saturated heterocycles. The smallest absolute Gasteiger partial charge is 0.270 e. The predicted octanol–water partition coefficient (Wildman–Crippen LogP) is 2.43. The van der Waals surface area contributed by atoms with Crippen molar-refractivity contribution < 1.29 is 14.5 Å². The van der Waals surface area contributed by atoms with Crippen LogP contribution in [0.15, 0.2) is 48.5 Å². The fraction of sp³-hybridized carbons (Fsp3) is 0.125. The van der Waals surface area contributed by atoms with Crippen molar-refractivity contribution in [2.24, 2.45) is 0 Å². The van der Waals surface area contributed by atoms with Crippen LogP contribution in [0.4, 0.5) is 5.69 Å². The zero-order chi connectivity index (χ0) is 15.7. The number of nitro groups is 1.